The zero-order chi connectivity index (χ0) is 14.1. The number of halogens is 3. The molecule has 0 aliphatic rings. The summed E-state index contributed by atoms with van der Waals surface area (Å²) in [6, 6.07) is 0. The van der Waals surface area contributed by atoms with Gasteiger partial charge in [-0.15, -0.1) is 11.3 Å². The molecule has 1 rings (SSSR count). The van der Waals surface area contributed by atoms with Gasteiger partial charge in [0.25, 0.3) is 5.91 Å². The van der Waals surface area contributed by atoms with Gasteiger partial charge in [0, 0.05) is 5.38 Å². The summed E-state index contributed by atoms with van der Waals surface area (Å²) in [5, 5.41) is 7.69. The first-order valence-electron chi connectivity index (χ1n) is 4.48. The number of nitrogens with one attached hydrogen (secondary N) is 1. The fraction of sp³-hybridized carbons (Fsp3) is 0.375. The monoisotopic (exact) mass is 302 g/mol. The summed E-state index contributed by atoms with van der Waals surface area (Å²) in [4.78, 5) is 11.4. The number of sulfonamides is 1. The summed E-state index contributed by atoms with van der Waals surface area (Å²) in [6.07, 6.45) is -4.53. The summed E-state index contributed by atoms with van der Waals surface area (Å²) < 4.78 is 57.6. The molecule has 5 nitrogen and oxygen atoms in total. The van der Waals surface area contributed by atoms with Crippen LogP contribution in [0.3, 0.4) is 0 Å². The number of alkyl halides is 3. The molecule has 18 heavy (non-hydrogen) atoms. The van der Waals surface area contributed by atoms with Gasteiger partial charge in [-0.25, -0.2) is 13.6 Å². The van der Waals surface area contributed by atoms with Crippen molar-refractivity contribution in [2.45, 2.75) is 17.3 Å². The Morgan fingerprint density at radius 1 is 1.50 bits per heavy atom. The largest absolute Gasteiger partial charge is 0.405 e. The third-order valence-electron chi connectivity index (χ3n) is 1.95. The molecule has 0 spiro atoms. The average molecular weight is 302 g/mol. The Kier molecular flexibility index (Phi) is 4.03. The van der Waals surface area contributed by atoms with Crippen molar-refractivity contribution in [3.8, 4) is 0 Å². The molecule has 1 amide bonds. The molecule has 102 valence electrons. The SMILES string of the molecule is Cc1c(C(=O)NCC(F)(F)F)csc1S(N)(=O)=O. The highest BCUT2D eigenvalue weighted by Crippen LogP contribution is 2.25. The molecular formula is C8H9F3N2O3S2. The van der Waals surface area contributed by atoms with Crippen molar-refractivity contribution >= 4 is 27.3 Å². The van der Waals surface area contributed by atoms with Gasteiger partial charge in [0.15, 0.2) is 0 Å². The Balaban J connectivity index is 2.93. The van der Waals surface area contributed by atoms with Gasteiger partial charge in [-0.05, 0) is 12.5 Å². The van der Waals surface area contributed by atoms with Crippen LogP contribution in [-0.4, -0.2) is 27.0 Å². The molecular weight excluding hydrogens is 293 g/mol. The van der Waals surface area contributed by atoms with Gasteiger partial charge in [-0.2, -0.15) is 13.2 Å². The fourth-order valence-corrected chi connectivity index (χ4v) is 3.19. The summed E-state index contributed by atoms with van der Waals surface area (Å²) in [5.41, 5.74) is -0.0875. The van der Waals surface area contributed by atoms with E-state index in [9.17, 15) is 26.4 Å². The van der Waals surface area contributed by atoms with Crippen LogP contribution in [0, 0.1) is 6.92 Å². The molecule has 0 unspecified atom stereocenters. The summed E-state index contributed by atoms with van der Waals surface area (Å²) >= 11 is 0.690. The van der Waals surface area contributed by atoms with Crippen molar-refractivity contribution in [2.24, 2.45) is 5.14 Å². The molecule has 0 saturated carbocycles. The highest BCUT2D eigenvalue weighted by molar-refractivity contribution is 7.91. The van der Waals surface area contributed by atoms with E-state index >= 15 is 0 Å². The molecule has 0 bridgehead atoms. The second kappa shape index (κ2) is 4.86. The molecule has 1 heterocycles. The highest BCUT2D eigenvalue weighted by Gasteiger charge is 2.29. The van der Waals surface area contributed by atoms with Gasteiger partial charge in [-0.3, -0.25) is 4.79 Å². The van der Waals surface area contributed by atoms with Crippen molar-refractivity contribution in [3.05, 3.63) is 16.5 Å². The van der Waals surface area contributed by atoms with Crippen LogP contribution in [0.25, 0.3) is 0 Å². The minimum absolute atomic E-state index is 0.0437. The maximum Gasteiger partial charge on any atom is 0.405 e. The highest BCUT2D eigenvalue weighted by atomic mass is 32.2. The van der Waals surface area contributed by atoms with Crippen molar-refractivity contribution < 1.29 is 26.4 Å². The number of hydrogen-bond acceptors (Lipinski definition) is 4. The van der Waals surface area contributed by atoms with E-state index in [-0.39, 0.29) is 15.3 Å². The van der Waals surface area contributed by atoms with Crippen molar-refractivity contribution in [1.82, 2.24) is 5.32 Å². The number of carbonyl (C=O) groups excluding carboxylic acids is 1. The predicted octanol–water partition coefficient (Wildman–Crippen LogP) is 0.996. The van der Waals surface area contributed by atoms with E-state index in [1.165, 1.54) is 6.92 Å². The lowest BCUT2D eigenvalue weighted by Gasteiger charge is -2.08. The Hall–Kier alpha value is -1.13. The van der Waals surface area contributed by atoms with Crippen LogP contribution in [-0.2, 0) is 10.0 Å². The second-order valence-corrected chi connectivity index (χ2v) is 6.04. The minimum atomic E-state index is -4.53. The fourth-order valence-electron chi connectivity index (χ4n) is 1.18. The molecule has 1 aromatic heterocycles. The maximum absolute atomic E-state index is 11.9. The molecule has 10 heteroatoms. The lowest BCUT2D eigenvalue weighted by atomic mass is 10.2. The van der Waals surface area contributed by atoms with Gasteiger partial charge < -0.3 is 5.32 Å². The first-order chi connectivity index (χ1) is 8.02. The van der Waals surface area contributed by atoms with E-state index in [2.05, 4.69) is 0 Å². The van der Waals surface area contributed by atoms with E-state index in [0.29, 0.717) is 11.3 Å². The van der Waals surface area contributed by atoms with Crippen LogP contribution in [0.1, 0.15) is 15.9 Å². The standard InChI is InChI=1S/C8H9F3N2O3S2/c1-4-5(2-17-7(4)18(12,15)16)6(14)13-3-8(9,10)11/h2H,3H2,1H3,(H,13,14)(H2,12,15,16). The Morgan fingerprint density at radius 2 is 2.06 bits per heavy atom. The van der Waals surface area contributed by atoms with Gasteiger partial charge in [0.1, 0.15) is 10.8 Å². The molecule has 0 fully saturated rings. The third-order valence-corrected chi connectivity index (χ3v) is 4.63. The lowest BCUT2D eigenvalue weighted by molar-refractivity contribution is -0.123. The molecule has 0 aliphatic heterocycles. The number of nitrogens with two attached hydrogens (primary N) is 1. The quantitative estimate of drug-likeness (QED) is 0.872. The predicted molar refractivity (Wildman–Crippen MR) is 58.8 cm³/mol. The van der Waals surface area contributed by atoms with E-state index in [0.717, 1.165) is 5.38 Å². The van der Waals surface area contributed by atoms with E-state index in [4.69, 9.17) is 5.14 Å². The summed E-state index contributed by atoms with van der Waals surface area (Å²) in [5.74, 6) is -0.990. The molecule has 0 atom stereocenters. The maximum atomic E-state index is 11.9. The topological polar surface area (TPSA) is 89.3 Å². The Morgan fingerprint density at radius 3 is 2.44 bits per heavy atom. The first kappa shape index (κ1) is 14.9. The normalized spacial score (nSPS) is 12.5. The number of thiophene rings is 1. The van der Waals surface area contributed by atoms with Crippen molar-refractivity contribution in [2.75, 3.05) is 6.54 Å². The third kappa shape index (κ3) is 3.68. The first-order valence-corrected chi connectivity index (χ1v) is 6.91. The molecule has 0 radical (unpaired) electrons. The average Bonchev–Trinajstić information content (AvgIpc) is 2.54. The van der Waals surface area contributed by atoms with Crippen LogP contribution in [0.4, 0.5) is 13.2 Å². The van der Waals surface area contributed by atoms with E-state index in [1.54, 1.807) is 5.32 Å². The van der Waals surface area contributed by atoms with Crippen LogP contribution in [0.15, 0.2) is 9.59 Å². The zero-order valence-electron chi connectivity index (χ0n) is 9.04. The molecule has 0 aromatic carbocycles. The number of carbonyl (C=O) groups is 1. The van der Waals surface area contributed by atoms with Crippen molar-refractivity contribution in [1.29, 1.82) is 0 Å². The van der Waals surface area contributed by atoms with Crippen LogP contribution in [0.2, 0.25) is 0 Å². The van der Waals surface area contributed by atoms with Crippen LogP contribution < -0.4 is 10.5 Å². The number of amides is 1. The zero-order valence-corrected chi connectivity index (χ0v) is 10.7. The molecule has 3 N–H and O–H groups in total. The number of rotatable bonds is 3. The van der Waals surface area contributed by atoms with Gasteiger partial charge in [0.05, 0.1) is 5.56 Å². The summed E-state index contributed by atoms with van der Waals surface area (Å²) in [7, 11) is -3.97. The smallest absolute Gasteiger partial charge is 0.343 e. The molecule has 0 saturated heterocycles. The van der Waals surface area contributed by atoms with Crippen LogP contribution >= 0.6 is 11.3 Å². The minimum Gasteiger partial charge on any atom is -0.343 e. The van der Waals surface area contributed by atoms with Gasteiger partial charge in [-0.1, -0.05) is 0 Å². The Bertz CT molecular complexity index is 563. The van der Waals surface area contributed by atoms with Crippen LogP contribution in [0.5, 0.6) is 0 Å². The van der Waals surface area contributed by atoms with E-state index in [1.807, 2.05) is 0 Å². The number of primary sulfonamides is 1. The second-order valence-electron chi connectivity index (χ2n) is 3.40. The molecule has 0 aliphatic carbocycles. The Labute approximate surface area is 105 Å². The lowest BCUT2D eigenvalue weighted by Crippen LogP contribution is -2.33. The molecule has 1 aromatic rings. The number of hydrogen-bond donors (Lipinski definition) is 2. The van der Waals surface area contributed by atoms with E-state index < -0.39 is 28.7 Å². The summed E-state index contributed by atoms with van der Waals surface area (Å²) in [6.45, 7) is -0.176. The van der Waals surface area contributed by atoms with Gasteiger partial charge >= 0.3 is 6.18 Å². The van der Waals surface area contributed by atoms with Gasteiger partial charge in [0.2, 0.25) is 10.0 Å². The van der Waals surface area contributed by atoms with Crippen molar-refractivity contribution in [3.63, 3.8) is 0 Å².